The molecule has 0 saturated carbocycles. The number of hydrogen-bond donors (Lipinski definition) is 0. The Morgan fingerprint density at radius 3 is 2.68 bits per heavy atom. The molecule has 1 aliphatic rings. The molecule has 1 aliphatic heterocycles. The minimum absolute atomic E-state index is 0.0207. The first-order valence-electron chi connectivity index (χ1n) is 8.60. The topological polar surface area (TPSA) is 36.3 Å². The van der Waals surface area contributed by atoms with Crippen molar-refractivity contribution in [3.63, 3.8) is 0 Å². The number of nitriles is 1. The summed E-state index contributed by atoms with van der Waals surface area (Å²) >= 11 is 3.41. The van der Waals surface area contributed by atoms with E-state index in [-0.39, 0.29) is 11.5 Å². The highest BCUT2D eigenvalue weighted by Crippen LogP contribution is 2.35. The standard InChI is InChI=1S/C21H23BrN2O/c1-21(2)15-24(14-16-6-4-3-5-7-16)11-10-20(21)25-19-9-8-18(22)12-17(19)13-23/h3-9,12,20H,10-11,14-15H2,1-2H3. The highest BCUT2D eigenvalue weighted by atomic mass is 79.9. The summed E-state index contributed by atoms with van der Waals surface area (Å²) in [6, 6.07) is 18.4. The predicted octanol–water partition coefficient (Wildman–Crippen LogP) is 5.00. The Kier molecular flexibility index (Phi) is 5.46. The SMILES string of the molecule is CC1(C)CN(Cc2ccccc2)CCC1Oc1ccc(Br)cc1C#N. The van der Waals surface area contributed by atoms with Crippen LogP contribution >= 0.6 is 15.9 Å². The number of nitrogens with zero attached hydrogens (tertiary/aromatic N) is 2. The van der Waals surface area contributed by atoms with Gasteiger partial charge in [-0.1, -0.05) is 60.1 Å². The molecule has 1 unspecified atom stereocenters. The molecule has 0 bridgehead atoms. The number of benzene rings is 2. The largest absolute Gasteiger partial charge is 0.488 e. The van der Waals surface area contributed by atoms with Gasteiger partial charge in [0, 0.05) is 29.5 Å². The zero-order valence-corrected chi connectivity index (χ0v) is 16.3. The molecule has 0 N–H and O–H groups in total. The van der Waals surface area contributed by atoms with Crippen molar-refractivity contribution in [3.05, 3.63) is 64.1 Å². The van der Waals surface area contributed by atoms with E-state index in [0.717, 1.165) is 30.5 Å². The van der Waals surface area contributed by atoms with Crippen molar-refractivity contribution in [3.8, 4) is 11.8 Å². The quantitative estimate of drug-likeness (QED) is 0.726. The minimum atomic E-state index is 0.0207. The van der Waals surface area contributed by atoms with E-state index in [1.165, 1.54) is 5.56 Å². The van der Waals surface area contributed by atoms with Crippen LogP contribution in [0.1, 0.15) is 31.4 Å². The van der Waals surface area contributed by atoms with Crippen LogP contribution in [0.4, 0.5) is 0 Å². The lowest BCUT2D eigenvalue weighted by Gasteiger charge is -2.44. The summed E-state index contributed by atoms with van der Waals surface area (Å²) in [5, 5.41) is 9.35. The normalized spacial score (nSPS) is 20.0. The molecule has 4 heteroatoms. The van der Waals surface area contributed by atoms with Gasteiger partial charge in [-0.05, 0) is 30.2 Å². The summed E-state index contributed by atoms with van der Waals surface area (Å²) in [6.07, 6.45) is 1.06. The van der Waals surface area contributed by atoms with Gasteiger partial charge in [-0.25, -0.2) is 0 Å². The van der Waals surface area contributed by atoms with Crippen LogP contribution in [0, 0.1) is 16.7 Å². The second-order valence-electron chi connectivity index (χ2n) is 7.33. The molecule has 25 heavy (non-hydrogen) atoms. The van der Waals surface area contributed by atoms with E-state index in [0.29, 0.717) is 11.3 Å². The van der Waals surface area contributed by atoms with Crippen molar-refractivity contribution in [1.29, 1.82) is 5.26 Å². The second-order valence-corrected chi connectivity index (χ2v) is 8.25. The average Bonchev–Trinajstić information content (AvgIpc) is 2.59. The van der Waals surface area contributed by atoms with Crippen molar-refractivity contribution >= 4 is 15.9 Å². The zero-order valence-electron chi connectivity index (χ0n) is 14.7. The molecule has 2 aromatic rings. The maximum Gasteiger partial charge on any atom is 0.137 e. The summed E-state index contributed by atoms with van der Waals surface area (Å²) in [4.78, 5) is 2.49. The minimum Gasteiger partial charge on any atom is -0.488 e. The van der Waals surface area contributed by atoms with Crippen LogP contribution in [0.2, 0.25) is 0 Å². The van der Waals surface area contributed by atoms with Gasteiger partial charge in [0.05, 0.1) is 5.56 Å². The number of rotatable bonds is 4. The second kappa shape index (κ2) is 7.59. The van der Waals surface area contributed by atoms with E-state index in [9.17, 15) is 5.26 Å². The van der Waals surface area contributed by atoms with Gasteiger partial charge in [0.1, 0.15) is 17.9 Å². The molecule has 2 aromatic carbocycles. The first-order chi connectivity index (χ1) is 12.0. The smallest absolute Gasteiger partial charge is 0.137 e. The number of piperidine rings is 1. The molecule has 3 rings (SSSR count). The predicted molar refractivity (Wildman–Crippen MR) is 103 cm³/mol. The highest BCUT2D eigenvalue weighted by molar-refractivity contribution is 9.10. The van der Waals surface area contributed by atoms with Crippen LogP contribution in [0.15, 0.2) is 53.0 Å². The molecule has 1 saturated heterocycles. The van der Waals surface area contributed by atoms with E-state index >= 15 is 0 Å². The monoisotopic (exact) mass is 398 g/mol. The van der Waals surface area contributed by atoms with E-state index in [1.807, 2.05) is 18.2 Å². The Bertz CT molecular complexity index is 767. The van der Waals surface area contributed by atoms with Gasteiger partial charge in [-0.2, -0.15) is 5.26 Å². The summed E-state index contributed by atoms with van der Waals surface area (Å²) in [5.74, 6) is 0.681. The Labute approximate surface area is 158 Å². The molecular weight excluding hydrogens is 376 g/mol. The van der Waals surface area contributed by atoms with E-state index in [1.54, 1.807) is 0 Å². The number of ether oxygens (including phenoxy) is 1. The summed E-state index contributed by atoms with van der Waals surface area (Å²) in [7, 11) is 0. The van der Waals surface area contributed by atoms with Gasteiger partial charge in [0.25, 0.3) is 0 Å². The number of likely N-dealkylation sites (tertiary alicyclic amines) is 1. The van der Waals surface area contributed by atoms with Crippen molar-refractivity contribution in [2.75, 3.05) is 13.1 Å². The van der Waals surface area contributed by atoms with Gasteiger partial charge in [-0.3, -0.25) is 4.90 Å². The van der Waals surface area contributed by atoms with Crippen LogP contribution in [0.25, 0.3) is 0 Å². The van der Waals surface area contributed by atoms with Crippen molar-refractivity contribution < 1.29 is 4.74 Å². The van der Waals surface area contributed by atoms with Gasteiger partial charge in [-0.15, -0.1) is 0 Å². The summed E-state index contributed by atoms with van der Waals surface area (Å²) in [5.41, 5.74) is 1.95. The fourth-order valence-electron chi connectivity index (χ4n) is 3.49. The van der Waals surface area contributed by atoms with Gasteiger partial charge in [0.2, 0.25) is 0 Å². The molecule has 130 valence electrons. The van der Waals surface area contributed by atoms with E-state index < -0.39 is 0 Å². The molecule has 0 spiro atoms. The van der Waals surface area contributed by atoms with Crippen LogP contribution < -0.4 is 4.74 Å². The Hall–Kier alpha value is -1.83. The fourth-order valence-corrected chi connectivity index (χ4v) is 3.85. The summed E-state index contributed by atoms with van der Waals surface area (Å²) < 4.78 is 7.17. The molecule has 0 aromatic heterocycles. The van der Waals surface area contributed by atoms with Crippen molar-refractivity contribution in [2.45, 2.75) is 32.9 Å². The van der Waals surface area contributed by atoms with Crippen LogP contribution in [0.5, 0.6) is 5.75 Å². The van der Waals surface area contributed by atoms with E-state index in [4.69, 9.17) is 4.74 Å². The van der Waals surface area contributed by atoms with Crippen LogP contribution in [-0.4, -0.2) is 24.1 Å². The van der Waals surface area contributed by atoms with Crippen LogP contribution in [0.3, 0.4) is 0 Å². The highest BCUT2D eigenvalue weighted by Gasteiger charge is 2.37. The Morgan fingerprint density at radius 1 is 1.24 bits per heavy atom. The summed E-state index contributed by atoms with van der Waals surface area (Å²) in [6.45, 7) is 7.45. The molecule has 0 aliphatic carbocycles. The lowest BCUT2D eigenvalue weighted by atomic mass is 9.81. The maximum atomic E-state index is 9.35. The maximum absolute atomic E-state index is 9.35. The third kappa shape index (κ3) is 4.42. The van der Waals surface area contributed by atoms with E-state index in [2.05, 4.69) is 71.1 Å². The molecule has 1 heterocycles. The Morgan fingerprint density at radius 2 is 2.00 bits per heavy atom. The van der Waals surface area contributed by atoms with Crippen molar-refractivity contribution in [2.24, 2.45) is 5.41 Å². The molecule has 0 radical (unpaired) electrons. The average molecular weight is 399 g/mol. The fraction of sp³-hybridized carbons (Fsp3) is 0.381. The zero-order chi connectivity index (χ0) is 17.9. The lowest BCUT2D eigenvalue weighted by Crippen LogP contribution is -2.50. The first-order valence-corrected chi connectivity index (χ1v) is 9.40. The van der Waals surface area contributed by atoms with Gasteiger partial charge >= 0.3 is 0 Å². The molecule has 1 fully saturated rings. The van der Waals surface area contributed by atoms with Gasteiger partial charge in [0.15, 0.2) is 0 Å². The molecule has 0 amide bonds. The Balaban J connectivity index is 1.68. The first kappa shape index (κ1) is 18.0. The lowest BCUT2D eigenvalue weighted by molar-refractivity contribution is -0.0114. The van der Waals surface area contributed by atoms with Crippen LogP contribution in [-0.2, 0) is 6.54 Å². The molecule has 3 nitrogen and oxygen atoms in total. The molecular formula is C21H23BrN2O. The third-order valence-electron chi connectivity index (χ3n) is 4.79. The van der Waals surface area contributed by atoms with Gasteiger partial charge < -0.3 is 4.74 Å². The van der Waals surface area contributed by atoms with Crippen molar-refractivity contribution in [1.82, 2.24) is 4.90 Å². The third-order valence-corrected chi connectivity index (χ3v) is 5.28. The molecule has 1 atom stereocenters. The number of halogens is 1. The number of hydrogen-bond acceptors (Lipinski definition) is 3.